The Morgan fingerprint density at radius 3 is 1.61 bits per heavy atom. The van der Waals surface area contributed by atoms with Crippen LogP contribution < -0.4 is 0 Å². The Morgan fingerprint density at radius 2 is 1.22 bits per heavy atom. The number of ether oxygens (including phenoxy) is 2. The predicted molar refractivity (Wildman–Crippen MR) is 70.4 cm³/mol. The fourth-order valence-electron chi connectivity index (χ4n) is 4.25. The Hall–Kier alpha value is -0.860. The summed E-state index contributed by atoms with van der Waals surface area (Å²) >= 11 is 0. The van der Waals surface area contributed by atoms with Crippen molar-refractivity contribution in [3.63, 3.8) is 0 Å². The molecule has 0 radical (unpaired) electrons. The van der Waals surface area contributed by atoms with Crippen molar-refractivity contribution >= 4 is 0 Å². The zero-order valence-corrected chi connectivity index (χ0v) is 10.8. The van der Waals surface area contributed by atoms with Gasteiger partial charge in [0.25, 0.3) is 0 Å². The van der Waals surface area contributed by atoms with Crippen LogP contribution in [0.2, 0.25) is 0 Å². The summed E-state index contributed by atoms with van der Waals surface area (Å²) in [7, 11) is 0. The van der Waals surface area contributed by atoms with E-state index in [1.807, 2.05) is 0 Å². The fourth-order valence-corrected chi connectivity index (χ4v) is 4.25. The van der Waals surface area contributed by atoms with Gasteiger partial charge in [0, 0.05) is 0 Å². The molecule has 0 aromatic heterocycles. The van der Waals surface area contributed by atoms with Crippen molar-refractivity contribution in [1.82, 2.24) is 0 Å². The summed E-state index contributed by atoms with van der Waals surface area (Å²) in [5, 5.41) is 0. The molecule has 2 spiro atoms. The van der Waals surface area contributed by atoms with Crippen LogP contribution in [0.5, 0.6) is 0 Å². The molecule has 4 aliphatic rings. The van der Waals surface area contributed by atoms with Crippen molar-refractivity contribution in [1.29, 1.82) is 0 Å². The zero-order chi connectivity index (χ0) is 12.1. The van der Waals surface area contributed by atoms with Crippen molar-refractivity contribution in [2.24, 2.45) is 0 Å². The largest absolute Gasteiger partial charge is 0.366 e. The maximum atomic E-state index is 6.16. The predicted octanol–water partition coefficient (Wildman–Crippen LogP) is 3.30. The summed E-state index contributed by atoms with van der Waals surface area (Å²) in [6.45, 7) is 1.56. The average Bonchev–Trinajstić information content (AvgIpc) is 2.94. The molecule has 18 heavy (non-hydrogen) atoms. The molecule has 2 unspecified atom stereocenters. The molecule has 96 valence electrons. The molecule has 0 bridgehead atoms. The maximum absolute atomic E-state index is 6.16. The minimum Gasteiger partial charge on any atom is -0.366 e. The highest BCUT2D eigenvalue weighted by molar-refractivity contribution is 5.43. The van der Waals surface area contributed by atoms with Crippen LogP contribution in [-0.4, -0.2) is 24.4 Å². The Balaban J connectivity index is 1.72. The van der Waals surface area contributed by atoms with Crippen molar-refractivity contribution < 1.29 is 9.47 Å². The molecule has 2 heteroatoms. The highest BCUT2D eigenvalue weighted by Gasteiger charge is 2.52. The van der Waals surface area contributed by atoms with Gasteiger partial charge in [-0.05, 0) is 49.7 Å². The van der Waals surface area contributed by atoms with Crippen LogP contribution in [0.15, 0.2) is 35.5 Å². The Labute approximate surface area is 108 Å². The third kappa shape index (κ3) is 1.36. The molecule has 0 saturated carbocycles. The second-order valence-electron chi connectivity index (χ2n) is 5.92. The summed E-state index contributed by atoms with van der Waals surface area (Å²) in [5.41, 5.74) is 3.25. The van der Waals surface area contributed by atoms with E-state index in [4.69, 9.17) is 9.47 Å². The standard InChI is InChI=1S/C16H20O2/c1-3-11-17-15(7-1)9-5-14-13(15)6-10-16(14)8-2-4-12-18-16/h1-4H,5-12H2. The molecule has 0 aromatic carbocycles. The van der Waals surface area contributed by atoms with Gasteiger partial charge in [-0.1, -0.05) is 24.3 Å². The molecule has 4 rings (SSSR count). The highest BCUT2D eigenvalue weighted by atomic mass is 16.5. The van der Waals surface area contributed by atoms with E-state index in [1.54, 1.807) is 11.1 Å². The van der Waals surface area contributed by atoms with E-state index in [0.717, 1.165) is 38.9 Å². The molecule has 2 atom stereocenters. The number of hydrogen-bond acceptors (Lipinski definition) is 2. The van der Waals surface area contributed by atoms with Gasteiger partial charge in [-0.25, -0.2) is 0 Å². The van der Waals surface area contributed by atoms with Crippen LogP contribution in [-0.2, 0) is 9.47 Å². The Kier molecular flexibility index (Phi) is 2.33. The monoisotopic (exact) mass is 244 g/mol. The van der Waals surface area contributed by atoms with Gasteiger partial charge in [-0.3, -0.25) is 0 Å². The zero-order valence-electron chi connectivity index (χ0n) is 10.8. The van der Waals surface area contributed by atoms with Gasteiger partial charge in [0.05, 0.1) is 24.4 Å². The smallest absolute Gasteiger partial charge is 0.0936 e. The first-order valence-electron chi connectivity index (χ1n) is 7.16. The van der Waals surface area contributed by atoms with E-state index in [-0.39, 0.29) is 11.2 Å². The van der Waals surface area contributed by atoms with Gasteiger partial charge < -0.3 is 9.47 Å². The van der Waals surface area contributed by atoms with Crippen LogP contribution >= 0.6 is 0 Å². The lowest BCUT2D eigenvalue weighted by molar-refractivity contribution is -0.0183. The highest BCUT2D eigenvalue weighted by Crippen LogP contribution is 2.56. The van der Waals surface area contributed by atoms with Crippen LogP contribution in [0.3, 0.4) is 0 Å². The lowest BCUT2D eigenvalue weighted by atomic mass is 9.87. The van der Waals surface area contributed by atoms with Crippen LogP contribution in [0.1, 0.15) is 38.5 Å². The second-order valence-corrected chi connectivity index (χ2v) is 5.92. The van der Waals surface area contributed by atoms with E-state index < -0.39 is 0 Å². The molecular weight excluding hydrogens is 224 g/mol. The van der Waals surface area contributed by atoms with E-state index in [0.29, 0.717) is 0 Å². The van der Waals surface area contributed by atoms with Crippen LogP contribution in [0.4, 0.5) is 0 Å². The topological polar surface area (TPSA) is 18.5 Å². The van der Waals surface area contributed by atoms with Crippen molar-refractivity contribution in [2.75, 3.05) is 13.2 Å². The number of hydrogen-bond donors (Lipinski definition) is 0. The molecular formula is C16H20O2. The Bertz CT molecular complexity index is 418. The van der Waals surface area contributed by atoms with Crippen LogP contribution in [0.25, 0.3) is 0 Å². The molecule has 0 saturated heterocycles. The SMILES string of the molecule is C1=CCC2(CCC3=C2CCC32CC=CCO2)OC1. The summed E-state index contributed by atoms with van der Waals surface area (Å²) < 4.78 is 12.3. The third-order valence-electron chi connectivity index (χ3n) is 5.16. The van der Waals surface area contributed by atoms with Crippen molar-refractivity contribution in [2.45, 2.75) is 49.7 Å². The molecule has 2 heterocycles. The molecule has 0 aromatic rings. The lowest BCUT2D eigenvalue weighted by Crippen LogP contribution is -2.34. The van der Waals surface area contributed by atoms with Crippen LogP contribution in [0, 0.1) is 0 Å². The van der Waals surface area contributed by atoms with Crippen molar-refractivity contribution in [3.8, 4) is 0 Å². The van der Waals surface area contributed by atoms with E-state index in [2.05, 4.69) is 24.3 Å². The first-order valence-corrected chi connectivity index (χ1v) is 7.16. The fraction of sp³-hybridized carbons (Fsp3) is 0.625. The van der Waals surface area contributed by atoms with Gasteiger partial charge in [-0.2, -0.15) is 0 Å². The molecule has 0 N–H and O–H groups in total. The average molecular weight is 244 g/mol. The van der Waals surface area contributed by atoms with Gasteiger partial charge in [0.15, 0.2) is 0 Å². The molecule has 2 aliphatic heterocycles. The van der Waals surface area contributed by atoms with Gasteiger partial charge in [-0.15, -0.1) is 0 Å². The van der Waals surface area contributed by atoms with Gasteiger partial charge >= 0.3 is 0 Å². The molecule has 2 nitrogen and oxygen atoms in total. The second kappa shape index (κ2) is 3.82. The summed E-state index contributed by atoms with van der Waals surface area (Å²) in [6, 6.07) is 0. The lowest BCUT2D eigenvalue weighted by Gasteiger charge is -2.34. The summed E-state index contributed by atoms with van der Waals surface area (Å²) in [6.07, 6.45) is 15.7. The van der Waals surface area contributed by atoms with E-state index in [1.165, 1.54) is 12.8 Å². The maximum Gasteiger partial charge on any atom is 0.0936 e. The molecule has 0 amide bonds. The third-order valence-corrected chi connectivity index (χ3v) is 5.16. The van der Waals surface area contributed by atoms with Gasteiger partial charge in [0.1, 0.15) is 0 Å². The minimum atomic E-state index is 0.0398. The quantitative estimate of drug-likeness (QED) is 0.609. The van der Waals surface area contributed by atoms with E-state index in [9.17, 15) is 0 Å². The van der Waals surface area contributed by atoms with E-state index >= 15 is 0 Å². The first-order chi connectivity index (χ1) is 8.85. The normalized spacial score (nSPS) is 42.2. The number of fused-ring (bicyclic) bond motifs is 2. The summed E-state index contributed by atoms with van der Waals surface area (Å²) in [4.78, 5) is 0. The van der Waals surface area contributed by atoms with Crippen molar-refractivity contribution in [3.05, 3.63) is 35.5 Å². The molecule has 0 fully saturated rings. The number of rotatable bonds is 0. The minimum absolute atomic E-state index is 0.0398. The summed E-state index contributed by atoms with van der Waals surface area (Å²) in [5.74, 6) is 0. The van der Waals surface area contributed by atoms with Gasteiger partial charge in [0.2, 0.25) is 0 Å². The first kappa shape index (κ1) is 11.0. The Morgan fingerprint density at radius 1 is 0.722 bits per heavy atom. The molecule has 2 aliphatic carbocycles.